The summed E-state index contributed by atoms with van der Waals surface area (Å²) in [7, 11) is -3.68. The second-order valence-electron chi connectivity index (χ2n) is 6.91. The van der Waals surface area contributed by atoms with Crippen molar-refractivity contribution in [3.05, 3.63) is 53.1 Å². The van der Waals surface area contributed by atoms with E-state index in [0.29, 0.717) is 47.1 Å². The zero-order valence-electron chi connectivity index (χ0n) is 16.2. The summed E-state index contributed by atoms with van der Waals surface area (Å²) in [4.78, 5) is 21.4. The number of aromatic nitrogens is 3. The number of hydrogen-bond donors (Lipinski definition) is 1. The van der Waals surface area contributed by atoms with E-state index in [1.165, 1.54) is 16.8 Å². The minimum absolute atomic E-state index is 0.0400. The number of carbonyl (C=O) groups excluding carboxylic acids is 1. The van der Waals surface area contributed by atoms with Gasteiger partial charge in [0.25, 0.3) is 15.9 Å². The molecule has 1 saturated heterocycles. The fourth-order valence-corrected chi connectivity index (χ4v) is 5.07. The summed E-state index contributed by atoms with van der Waals surface area (Å²) < 4.78 is 32.2. The highest BCUT2D eigenvalue weighted by molar-refractivity contribution is 7.89. The molecule has 2 aromatic heterocycles. The van der Waals surface area contributed by atoms with Gasteiger partial charge in [-0.1, -0.05) is 35.0 Å². The van der Waals surface area contributed by atoms with E-state index < -0.39 is 10.0 Å². The van der Waals surface area contributed by atoms with Gasteiger partial charge in [0.1, 0.15) is 17.0 Å². The molecule has 1 aliphatic rings. The number of benzene rings is 1. The average molecular weight is 450 g/mol. The average Bonchev–Trinajstić information content (AvgIpc) is 3.32. The van der Waals surface area contributed by atoms with Crippen LogP contribution in [0.5, 0.6) is 0 Å². The first-order chi connectivity index (χ1) is 14.4. The molecule has 1 aliphatic heterocycles. The molecule has 30 heavy (non-hydrogen) atoms. The van der Waals surface area contributed by atoms with Gasteiger partial charge in [0.2, 0.25) is 0 Å². The first-order valence-electron chi connectivity index (χ1n) is 9.38. The first-order valence-corrected chi connectivity index (χ1v) is 11.2. The van der Waals surface area contributed by atoms with Gasteiger partial charge in [-0.25, -0.2) is 13.4 Å². The summed E-state index contributed by atoms with van der Waals surface area (Å²) in [6, 6.07) is 7.10. The molecule has 3 aromatic rings. The molecule has 11 heteroatoms. The van der Waals surface area contributed by atoms with E-state index in [9.17, 15) is 13.2 Å². The predicted molar refractivity (Wildman–Crippen MR) is 110 cm³/mol. The van der Waals surface area contributed by atoms with Crippen LogP contribution in [-0.4, -0.2) is 64.8 Å². The Morgan fingerprint density at radius 3 is 2.73 bits per heavy atom. The van der Waals surface area contributed by atoms with Crippen LogP contribution in [0.4, 0.5) is 0 Å². The van der Waals surface area contributed by atoms with Crippen molar-refractivity contribution in [1.82, 2.24) is 24.3 Å². The summed E-state index contributed by atoms with van der Waals surface area (Å²) in [5.41, 5.74) is 1.33. The lowest BCUT2D eigenvalue weighted by atomic mass is 10.0. The monoisotopic (exact) mass is 449 g/mol. The van der Waals surface area contributed by atoms with Gasteiger partial charge in [0.05, 0.1) is 17.5 Å². The molecule has 0 saturated carbocycles. The van der Waals surface area contributed by atoms with E-state index in [1.54, 1.807) is 30.0 Å². The number of aromatic amines is 1. The van der Waals surface area contributed by atoms with Gasteiger partial charge < -0.3 is 14.4 Å². The van der Waals surface area contributed by atoms with Crippen molar-refractivity contribution in [2.24, 2.45) is 0 Å². The summed E-state index contributed by atoms with van der Waals surface area (Å²) in [6.07, 6.45) is 3.11. The number of hydrogen-bond acceptors (Lipinski definition) is 6. The highest BCUT2D eigenvalue weighted by atomic mass is 35.5. The summed E-state index contributed by atoms with van der Waals surface area (Å²) in [5.74, 6) is 0.130. The van der Waals surface area contributed by atoms with E-state index in [0.717, 1.165) is 0 Å². The molecule has 0 bridgehead atoms. The maximum atomic E-state index is 13.3. The molecule has 0 unspecified atom stereocenters. The Morgan fingerprint density at radius 2 is 2.00 bits per heavy atom. The Kier molecular flexibility index (Phi) is 5.63. The zero-order valence-corrected chi connectivity index (χ0v) is 17.8. The van der Waals surface area contributed by atoms with Crippen LogP contribution in [0.15, 0.2) is 46.3 Å². The summed E-state index contributed by atoms with van der Waals surface area (Å²) >= 11 is 6.29. The molecular formula is C19H20ClN5O4S. The number of imidazole rings is 1. The van der Waals surface area contributed by atoms with Crippen molar-refractivity contribution in [2.45, 2.75) is 18.4 Å². The molecule has 1 N–H and O–H groups in total. The van der Waals surface area contributed by atoms with Crippen LogP contribution in [0, 0.1) is 6.92 Å². The van der Waals surface area contributed by atoms with Gasteiger partial charge >= 0.3 is 0 Å². The quantitative estimate of drug-likeness (QED) is 0.655. The number of aryl methyl sites for hydroxylation is 1. The number of carbonyl (C=O) groups is 1. The van der Waals surface area contributed by atoms with Gasteiger partial charge in [0.15, 0.2) is 5.03 Å². The number of rotatable bonds is 4. The second-order valence-corrected chi connectivity index (χ2v) is 9.22. The highest BCUT2D eigenvalue weighted by Gasteiger charge is 2.32. The molecule has 1 fully saturated rings. The summed E-state index contributed by atoms with van der Waals surface area (Å²) in [5, 5.41) is 4.56. The van der Waals surface area contributed by atoms with Gasteiger partial charge in [-0.2, -0.15) is 4.31 Å². The molecule has 0 radical (unpaired) electrons. The zero-order chi connectivity index (χ0) is 21.3. The fraction of sp³-hybridized carbons (Fsp3) is 0.316. The molecule has 0 aliphatic carbocycles. The Bertz CT molecular complexity index is 1160. The van der Waals surface area contributed by atoms with Gasteiger partial charge in [-0.15, -0.1) is 0 Å². The number of halogens is 1. The Balaban J connectivity index is 1.57. The molecule has 4 rings (SSSR count). The van der Waals surface area contributed by atoms with E-state index in [4.69, 9.17) is 16.1 Å². The second kappa shape index (κ2) is 8.21. The van der Waals surface area contributed by atoms with Gasteiger partial charge in [0, 0.05) is 31.7 Å². The van der Waals surface area contributed by atoms with E-state index in [1.807, 2.05) is 6.07 Å². The molecule has 0 spiro atoms. The van der Waals surface area contributed by atoms with Crippen LogP contribution in [-0.2, 0) is 10.0 Å². The lowest BCUT2D eigenvalue weighted by molar-refractivity contribution is 0.0763. The molecule has 1 amide bonds. The number of H-pyrrole nitrogens is 1. The number of nitrogens with zero attached hydrogens (tertiary/aromatic N) is 4. The number of amides is 1. The largest absolute Gasteiger partial charge is 0.360 e. The maximum Gasteiger partial charge on any atom is 0.260 e. The molecule has 3 heterocycles. The van der Waals surface area contributed by atoms with Gasteiger partial charge in [-0.3, -0.25) is 4.79 Å². The third kappa shape index (κ3) is 3.73. The number of sulfonamides is 1. The predicted octanol–water partition coefficient (Wildman–Crippen LogP) is 2.56. The number of nitrogens with one attached hydrogen (secondary N) is 1. The van der Waals surface area contributed by atoms with Crippen molar-refractivity contribution >= 4 is 27.5 Å². The normalized spacial score (nSPS) is 15.9. The molecule has 9 nitrogen and oxygen atoms in total. The molecular weight excluding hydrogens is 430 g/mol. The minimum atomic E-state index is -3.68. The van der Waals surface area contributed by atoms with Crippen molar-refractivity contribution in [3.8, 4) is 11.3 Å². The van der Waals surface area contributed by atoms with Crippen LogP contribution in [0.1, 0.15) is 22.5 Å². The topological polar surface area (TPSA) is 112 Å². The lowest BCUT2D eigenvalue weighted by Crippen LogP contribution is -2.37. The van der Waals surface area contributed by atoms with Crippen molar-refractivity contribution in [3.63, 3.8) is 0 Å². The van der Waals surface area contributed by atoms with Crippen LogP contribution in [0.3, 0.4) is 0 Å². The molecule has 1 aromatic carbocycles. The fourth-order valence-electron chi connectivity index (χ4n) is 3.48. The van der Waals surface area contributed by atoms with E-state index in [2.05, 4.69) is 15.1 Å². The van der Waals surface area contributed by atoms with E-state index >= 15 is 0 Å². The molecule has 158 valence electrons. The Morgan fingerprint density at radius 1 is 1.20 bits per heavy atom. The Hall–Kier alpha value is -2.69. The van der Waals surface area contributed by atoms with Crippen molar-refractivity contribution in [2.75, 3.05) is 26.2 Å². The third-order valence-electron chi connectivity index (χ3n) is 5.04. The SMILES string of the molecule is Cc1onc(-c2ccccc2Cl)c1C(=O)N1CCCN(S(=O)(=O)c2cnc[nH]2)CC1. The van der Waals surface area contributed by atoms with Crippen LogP contribution in [0.25, 0.3) is 11.3 Å². The minimum Gasteiger partial charge on any atom is -0.360 e. The standard InChI is InChI=1S/C19H20ClN5O4S/c1-13-17(18(23-29-13)14-5-2-3-6-15(14)20)19(26)24-7-4-8-25(10-9-24)30(27,28)16-11-21-12-22-16/h2-3,5-6,11-12H,4,7-10H2,1H3,(H,21,22). The van der Waals surface area contributed by atoms with E-state index in [-0.39, 0.29) is 24.0 Å². The Labute approximate surface area is 178 Å². The third-order valence-corrected chi connectivity index (χ3v) is 7.19. The van der Waals surface area contributed by atoms with Crippen LogP contribution >= 0.6 is 11.6 Å². The smallest absolute Gasteiger partial charge is 0.260 e. The molecule has 0 atom stereocenters. The van der Waals surface area contributed by atoms with Crippen molar-refractivity contribution in [1.29, 1.82) is 0 Å². The lowest BCUT2D eigenvalue weighted by Gasteiger charge is -2.21. The maximum absolute atomic E-state index is 13.3. The first kappa shape index (κ1) is 20.6. The highest BCUT2D eigenvalue weighted by Crippen LogP contribution is 2.32. The van der Waals surface area contributed by atoms with Crippen LogP contribution < -0.4 is 0 Å². The summed E-state index contributed by atoms with van der Waals surface area (Å²) in [6.45, 7) is 2.83. The van der Waals surface area contributed by atoms with Crippen molar-refractivity contribution < 1.29 is 17.7 Å². The van der Waals surface area contributed by atoms with Gasteiger partial charge in [-0.05, 0) is 19.4 Å². The van der Waals surface area contributed by atoms with Crippen LogP contribution in [0.2, 0.25) is 5.02 Å².